The smallest absolute Gasteiger partial charge is 0.333 e. The van der Waals surface area contributed by atoms with Gasteiger partial charge in [0, 0.05) is 6.54 Å². The van der Waals surface area contributed by atoms with Crippen molar-refractivity contribution in [3.05, 3.63) is 12.7 Å². The minimum absolute atomic E-state index is 0.252. The highest BCUT2D eigenvalue weighted by molar-refractivity contribution is 5.87. The van der Waals surface area contributed by atoms with Crippen molar-refractivity contribution in [2.24, 2.45) is 0 Å². The predicted molar refractivity (Wildman–Crippen MR) is 63.2 cm³/mol. The van der Waals surface area contributed by atoms with Crippen LogP contribution in [0.2, 0.25) is 0 Å². The van der Waals surface area contributed by atoms with Gasteiger partial charge in [0.15, 0.2) is 0 Å². The van der Waals surface area contributed by atoms with Crippen molar-refractivity contribution in [2.45, 2.75) is 42.7 Å². The van der Waals surface area contributed by atoms with Crippen LogP contribution in [0.15, 0.2) is 12.7 Å². The third-order valence-electron chi connectivity index (χ3n) is 3.26. The van der Waals surface area contributed by atoms with Gasteiger partial charge in [0.1, 0.15) is 0 Å². The van der Waals surface area contributed by atoms with Crippen molar-refractivity contribution in [2.75, 3.05) is 13.1 Å². The van der Waals surface area contributed by atoms with Gasteiger partial charge >= 0.3 is 35.8 Å². The van der Waals surface area contributed by atoms with E-state index in [0.29, 0.717) is 0 Å². The highest BCUT2D eigenvalue weighted by atomic mass is 19.4. The van der Waals surface area contributed by atoms with Crippen molar-refractivity contribution >= 4 is 5.91 Å². The van der Waals surface area contributed by atoms with Gasteiger partial charge in [0.25, 0.3) is 0 Å². The number of hydrogen-bond acceptors (Lipinski definition) is 1. The number of amides is 1. The van der Waals surface area contributed by atoms with Crippen LogP contribution in [0.25, 0.3) is 0 Å². The summed E-state index contributed by atoms with van der Waals surface area (Å²) in [6.07, 6.45) is -7.21. The highest BCUT2D eigenvalue weighted by Crippen LogP contribution is 2.60. The molecule has 0 rings (SSSR count). The lowest BCUT2D eigenvalue weighted by atomic mass is 9.93. The van der Waals surface area contributed by atoms with Gasteiger partial charge in [-0.1, -0.05) is 6.58 Å². The molecule has 0 N–H and O–H groups in total. The minimum atomic E-state index is -7.95. The SMILES string of the molecule is C=CC(=O)N(CC)CC(F)(F)C(F)(F)C(F)(F)C(F)(F)C(F)(F)C(F)(F)F. The topological polar surface area (TPSA) is 20.3 Å². The van der Waals surface area contributed by atoms with Crippen LogP contribution < -0.4 is 0 Å². The Morgan fingerprint density at radius 1 is 0.778 bits per heavy atom. The number of likely N-dealkylation sites (N-methyl/N-ethyl adjacent to an activating group) is 1. The molecule has 0 aliphatic heterocycles. The molecule has 0 bridgehead atoms. The lowest BCUT2D eigenvalue weighted by molar-refractivity contribution is -0.440. The fourth-order valence-electron chi connectivity index (χ4n) is 1.62. The van der Waals surface area contributed by atoms with Gasteiger partial charge in [0.2, 0.25) is 5.91 Å². The van der Waals surface area contributed by atoms with Crippen LogP contribution in [0, 0.1) is 0 Å². The Hall–Kier alpha value is -1.70. The summed E-state index contributed by atoms with van der Waals surface area (Å²) in [6, 6.07) is 0. The molecule has 0 spiro atoms. The molecule has 0 fully saturated rings. The van der Waals surface area contributed by atoms with Gasteiger partial charge < -0.3 is 4.90 Å². The monoisotopic (exact) mass is 431 g/mol. The first kappa shape index (κ1) is 25.3. The van der Waals surface area contributed by atoms with Crippen LogP contribution in [0.3, 0.4) is 0 Å². The van der Waals surface area contributed by atoms with Crippen molar-refractivity contribution in [3.8, 4) is 0 Å². The highest BCUT2D eigenvalue weighted by Gasteiger charge is 2.90. The van der Waals surface area contributed by atoms with E-state index in [9.17, 15) is 61.9 Å². The molecule has 1 amide bonds. The van der Waals surface area contributed by atoms with E-state index in [4.69, 9.17) is 0 Å². The quantitative estimate of drug-likeness (QED) is 0.401. The second kappa shape index (κ2) is 7.04. The number of nitrogens with zero attached hydrogens (tertiary/aromatic N) is 1. The largest absolute Gasteiger partial charge is 0.460 e. The maximum Gasteiger partial charge on any atom is 0.460 e. The van der Waals surface area contributed by atoms with E-state index in [1.165, 1.54) is 0 Å². The van der Waals surface area contributed by atoms with E-state index in [-0.39, 0.29) is 11.0 Å². The van der Waals surface area contributed by atoms with Gasteiger partial charge in [-0.15, -0.1) is 0 Å². The zero-order valence-corrected chi connectivity index (χ0v) is 13.0. The Bertz CT molecular complexity index is 566. The maximum absolute atomic E-state index is 13.5. The number of hydrogen-bond donors (Lipinski definition) is 0. The summed E-state index contributed by atoms with van der Waals surface area (Å²) < 4.78 is 167. The first-order valence-electron chi connectivity index (χ1n) is 6.52. The van der Waals surface area contributed by atoms with E-state index >= 15 is 0 Å². The van der Waals surface area contributed by atoms with E-state index in [2.05, 4.69) is 6.58 Å². The predicted octanol–water partition coefficient (Wildman–Crippen LogP) is 4.76. The van der Waals surface area contributed by atoms with Gasteiger partial charge in [-0.25, -0.2) is 0 Å². The van der Waals surface area contributed by atoms with E-state index in [0.717, 1.165) is 6.92 Å². The van der Waals surface area contributed by atoms with E-state index < -0.39 is 54.8 Å². The van der Waals surface area contributed by atoms with Crippen molar-refractivity contribution in [3.63, 3.8) is 0 Å². The zero-order valence-electron chi connectivity index (χ0n) is 13.0. The van der Waals surface area contributed by atoms with Gasteiger partial charge in [-0.05, 0) is 13.0 Å². The molecule has 0 atom stereocenters. The summed E-state index contributed by atoms with van der Waals surface area (Å²) >= 11 is 0. The third kappa shape index (κ3) is 3.81. The standard InChI is InChI=1S/C12H10F13NO/c1-3-6(27)26(4-2)5-7(13,14)8(15,16)9(17,18)10(19,20)11(21,22)12(23,24)25/h3H,1,4-5H2,2H3. The average Bonchev–Trinajstić information content (AvgIpc) is 2.49. The van der Waals surface area contributed by atoms with E-state index in [1.54, 1.807) is 0 Å². The van der Waals surface area contributed by atoms with Crippen LogP contribution >= 0.6 is 0 Å². The van der Waals surface area contributed by atoms with Crippen LogP contribution in [0.5, 0.6) is 0 Å². The lowest BCUT2D eigenvalue weighted by Crippen LogP contribution is -2.71. The molecular weight excluding hydrogens is 421 g/mol. The van der Waals surface area contributed by atoms with Crippen LogP contribution in [0.4, 0.5) is 57.1 Å². The van der Waals surface area contributed by atoms with Gasteiger partial charge in [-0.2, -0.15) is 57.1 Å². The van der Waals surface area contributed by atoms with Gasteiger partial charge in [0.05, 0.1) is 6.54 Å². The Morgan fingerprint density at radius 3 is 1.44 bits per heavy atom. The summed E-state index contributed by atoms with van der Waals surface area (Å²) in [7, 11) is 0. The van der Waals surface area contributed by atoms with Crippen LogP contribution in [0.1, 0.15) is 6.92 Å². The molecule has 0 aromatic rings. The Kier molecular flexibility index (Phi) is 6.59. The van der Waals surface area contributed by atoms with E-state index in [1.807, 2.05) is 0 Å². The van der Waals surface area contributed by atoms with Crippen LogP contribution in [-0.4, -0.2) is 59.7 Å². The lowest BCUT2D eigenvalue weighted by Gasteiger charge is -2.40. The Labute approximate surface area is 142 Å². The number of halogens is 13. The molecule has 27 heavy (non-hydrogen) atoms. The first-order chi connectivity index (χ1) is 11.7. The van der Waals surface area contributed by atoms with Crippen molar-refractivity contribution in [1.29, 1.82) is 0 Å². The second-order valence-electron chi connectivity index (χ2n) is 5.06. The summed E-state index contributed by atoms with van der Waals surface area (Å²) in [6.45, 7) is 0.0606. The Balaban J connectivity index is 6.22. The zero-order chi connectivity index (χ0) is 22.3. The molecule has 0 aromatic heterocycles. The molecule has 0 heterocycles. The molecule has 0 unspecified atom stereocenters. The number of carbonyl (C=O) groups excluding carboxylic acids is 1. The molecule has 0 aromatic carbocycles. The molecular formula is C12H10F13NO. The third-order valence-corrected chi connectivity index (χ3v) is 3.26. The minimum Gasteiger partial charge on any atom is -0.333 e. The molecule has 0 radical (unpaired) electrons. The number of carbonyl (C=O) groups is 1. The molecule has 160 valence electrons. The summed E-state index contributed by atoms with van der Waals surface area (Å²) in [5.74, 6) is -38.9. The van der Waals surface area contributed by atoms with Crippen LogP contribution in [-0.2, 0) is 4.79 Å². The van der Waals surface area contributed by atoms with Crippen molar-refractivity contribution in [1.82, 2.24) is 4.90 Å². The summed E-state index contributed by atoms with van der Waals surface area (Å²) in [5, 5.41) is 0. The summed E-state index contributed by atoms with van der Waals surface area (Å²) in [4.78, 5) is 10.8. The van der Waals surface area contributed by atoms with Crippen molar-refractivity contribution < 1.29 is 61.9 Å². The average molecular weight is 431 g/mol. The Morgan fingerprint density at radius 2 is 1.15 bits per heavy atom. The first-order valence-corrected chi connectivity index (χ1v) is 6.52. The maximum atomic E-state index is 13.5. The normalized spacial score (nSPS) is 14.9. The molecule has 0 aliphatic rings. The number of alkyl halides is 13. The molecule has 15 heteroatoms. The fourth-order valence-corrected chi connectivity index (χ4v) is 1.62. The molecule has 0 saturated heterocycles. The van der Waals surface area contributed by atoms with Gasteiger partial charge in [-0.3, -0.25) is 4.79 Å². The molecule has 0 saturated carbocycles. The fraction of sp³-hybridized carbons (Fsp3) is 0.750. The second-order valence-corrected chi connectivity index (χ2v) is 5.06. The summed E-state index contributed by atoms with van der Waals surface area (Å²) in [5.41, 5.74) is 0. The molecule has 2 nitrogen and oxygen atoms in total. The number of rotatable bonds is 8. The molecule has 0 aliphatic carbocycles.